The van der Waals surface area contributed by atoms with Crippen molar-refractivity contribution in [3.05, 3.63) is 40.1 Å². The van der Waals surface area contributed by atoms with Crippen LogP contribution in [0, 0.1) is 0 Å². The van der Waals surface area contributed by atoms with E-state index in [0.717, 1.165) is 54.3 Å². The predicted octanol–water partition coefficient (Wildman–Crippen LogP) is 2.05. The van der Waals surface area contributed by atoms with Crippen LogP contribution in [0.25, 0.3) is 11.0 Å². The Kier molecular flexibility index (Phi) is 5.11. The van der Waals surface area contributed by atoms with E-state index in [4.69, 9.17) is 4.74 Å². The molecule has 3 aromatic rings. The second-order valence-corrected chi connectivity index (χ2v) is 8.54. The van der Waals surface area contributed by atoms with Crippen molar-refractivity contribution in [2.24, 2.45) is 0 Å². The number of ether oxygens (including phenoxy) is 1. The Labute approximate surface area is 177 Å². The molecule has 5 rings (SSSR count). The highest BCUT2D eigenvalue weighted by atomic mass is 32.1. The summed E-state index contributed by atoms with van der Waals surface area (Å²) in [6, 6.07) is 5.71. The third-order valence-electron chi connectivity index (χ3n) is 5.89. The molecule has 158 valence electrons. The molecule has 1 unspecified atom stereocenters. The van der Waals surface area contributed by atoms with E-state index in [1.807, 2.05) is 27.7 Å². The first-order valence-corrected chi connectivity index (χ1v) is 11.1. The standard InChI is InChI=1S/C20H24N6O3S/c1-29-10-9-25-20(28)26(15-5-6-15)18(21-25)14-3-2-8-24(12-14)19(27)13-4-7-16-17(11-13)23-30-22-16/h4,7,11,14-15H,2-3,5-6,8-10,12H2,1H3. The molecule has 1 saturated heterocycles. The highest BCUT2D eigenvalue weighted by Gasteiger charge is 2.35. The Balaban J connectivity index is 1.40. The minimum Gasteiger partial charge on any atom is -0.383 e. The van der Waals surface area contributed by atoms with Gasteiger partial charge in [-0.25, -0.2) is 9.48 Å². The molecular weight excluding hydrogens is 404 g/mol. The number of piperidine rings is 1. The smallest absolute Gasteiger partial charge is 0.346 e. The summed E-state index contributed by atoms with van der Waals surface area (Å²) in [7, 11) is 1.62. The van der Waals surface area contributed by atoms with E-state index in [2.05, 4.69) is 13.8 Å². The number of hydrogen-bond donors (Lipinski definition) is 0. The number of hydrogen-bond acceptors (Lipinski definition) is 7. The van der Waals surface area contributed by atoms with Crippen molar-refractivity contribution in [2.75, 3.05) is 26.8 Å². The normalized spacial score (nSPS) is 19.5. The Hall–Kier alpha value is -2.59. The van der Waals surface area contributed by atoms with Gasteiger partial charge in [-0.15, -0.1) is 0 Å². The van der Waals surface area contributed by atoms with Crippen LogP contribution >= 0.6 is 11.7 Å². The van der Waals surface area contributed by atoms with Crippen molar-refractivity contribution >= 4 is 28.7 Å². The molecule has 0 radical (unpaired) electrons. The lowest BCUT2D eigenvalue weighted by molar-refractivity contribution is 0.0703. The van der Waals surface area contributed by atoms with E-state index in [-0.39, 0.29) is 23.6 Å². The molecule has 0 bridgehead atoms. The molecule has 1 aliphatic carbocycles. The SMILES string of the molecule is COCCn1nc(C2CCCN(C(=O)c3ccc4nsnc4c3)C2)n(C2CC2)c1=O. The van der Waals surface area contributed by atoms with Crippen molar-refractivity contribution < 1.29 is 9.53 Å². The number of benzene rings is 1. The molecule has 1 aliphatic heterocycles. The second kappa shape index (κ2) is 7.92. The number of carbonyl (C=O) groups is 1. The Morgan fingerprint density at radius 2 is 2.07 bits per heavy atom. The number of carbonyl (C=O) groups excluding carboxylic acids is 1. The van der Waals surface area contributed by atoms with Gasteiger partial charge in [0.05, 0.1) is 24.9 Å². The van der Waals surface area contributed by atoms with E-state index in [1.165, 1.54) is 4.68 Å². The largest absolute Gasteiger partial charge is 0.383 e. The van der Waals surface area contributed by atoms with E-state index < -0.39 is 0 Å². The Morgan fingerprint density at radius 1 is 1.23 bits per heavy atom. The molecule has 9 nitrogen and oxygen atoms in total. The van der Waals surface area contributed by atoms with Gasteiger partial charge >= 0.3 is 5.69 Å². The molecule has 3 heterocycles. The Morgan fingerprint density at radius 3 is 2.87 bits per heavy atom. The van der Waals surface area contributed by atoms with Gasteiger partial charge < -0.3 is 9.64 Å². The highest BCUT2D eigenvalue weighted by molar-refractivity contribution is 7.00. The number of aromatic nitrogens is 5. The number of likely N-dealkylation sites (tertiary alicyclic amines) is 1. The molecule has 0 N–H and O–H groups in total. The van der Waals surface area contributed by atoms with Crippen LogP contribution in [0.3, 0.4) is 0 Å². The van der Waals surface area contributed by atoms with Crippen molar-refractivity contribution in [3.63, 3.8) is 0 Å². The van der Waals surface area contributed by atoms with Gasteiger partial charge in [-0.2, -0.15) is 13.8 Å². The van der Waals surface area contributed by atoms with Crippen molar-refractivity contribution in [1.82, 2.24) is 28.0 Å². The van der Waals surface area contributed by atoms with Crippen LogP contribution in [-0.2, 0) is 11.3 Å². The fourth-order valence-electron chi connectivity index (χ4n) is 4.18. The van der Waals surface area contributed by atoms with Crippen LogP contribution in [0.15, 0.2) is 23.0 Å². The zero-order valence-electron chi connectivity index (χ0n) is 16.9. The van der Waals surface area contributed by atoms with Crippen LogP contribution in [0.2, 0.25) is 0 Å². The van der Waals surface area contributed by atoms with Crippen LogP contribution in [0.4, 0.5) is 0 Å². The molecule has 1 atom stereocenters. The lowest BCUT2D eigenvalue weighted by atomic mass is 9.96. The number of fused-ring (bicyclic) bond motifs is 1. The van der Waals surface area contributed by atoms with E-state index in [9.17, 15) is 9.59 Å². The summed E-state index contributed by atoms with van der Waals surface area (Å²) < 4.78 is 16.9. The maximum absolute atomic E-state index is 13.2. The minimum atomic E-state index is -0.0607. The molecule has 10 heteroatoms. The fourth-order valence-corrected chi connectivity index (χ4v) is 4.70. The van der Waals surface area contributed by atoms with E-state index >= 15 is 0 Å². The van der Waals surface area contributed by atoms with Crippen LogP contribution in [0.1, 0.15) is 53.8 Å². The second-order valence-electron chi connectivity index (χ2n) is 8.02. The molecule has 2 aliphatic rings. The van der Waals surface area contributed by atoms with Crippen LogP contribution < -0.4 is 5.69 Å². The minimum absolute atomic E-state index is 0.00580. The first kappa shape index (κ1) is 19.4. The number of rotatable bonds is 6. The quantitative estimate of drug-likeness (QED) is 0.596. The van der Waals surface area contributed by atoms with E-state index in [1.54, 1.807) is 7.11 Å². The van der Waals surface area contributed by atoms with Crippen molar-refractivity contribution in [1.29, 1.82) is 0 Å². The van der Waals surface area contributed by atoms with Gasteiger partial charge in [-0.1, -0.05) is 0 Å². The van der Waals surface area contributed by atoms with Crippen molar-refractivity contribution in [2.45, 2.75) is 44.2 Å². The predicted molar refractivity (Wildman–Crippen MR) is 112 cm³/mol. The molecule has 0 spiro atoms. The molecule has 2 fully saturated rings. The van der Waals surface area contributed by atoms with Gasteiger partial charge in [0.15, 0.2) is 0 Å². The van der Waals surface area contributed by atoms with Gasteiger partial charge in [-0.3, -0.25) is 9.36 Å². The van der Waals surface area contributed by atoms with E-state index in [0.29, 0.717) is 31.8 Å². The lowest BCUT2D eigenvalue weighted by Crippen LogP contribution is -2.40. The topological polar surface area (TPSA) is 95.1 Å². The third kappa shape index (κ3) is 3.54. The monoisotopic (exact) mass is 428 g/mol. The summed E-state index contributed by atoms with van der Waals surface area (Å²) in [6.07, 6.45) is 3.84. The first-order chi connectivity index (χ1) is 14.7. The molecule has 1 aromatic carbocycles. The van der Waals surface area contributed by atoms with Gasteiger partial charge in [0.1, 0.15) is 16.9 Å². The zero-order chi connectivity index (χ0) is 20.7. The molecular formula is C20H24N6O3S. The summed E-state index contributed by atoms with van der Waals surface area (Å²) in [6.45, 7) is 2.17. The number of amides is 1. The third-order valence-corrected chi connectivity index (χ3v) is 6.45. The van der Waals surface area contributed by atoms with Gasteiger partial charge in [-0.05, 0) is 43.9 Å². The number of nitrogens with zero attached hydrogens (tertiary/aromatic N) is 6. The zero-order valence-corrected chi connectivity index (χ0v) is 17.7. The summed E-state index contributed by atoms with van der Waals surface area (Å²) in [5.41, 5.74) is 2.12. The fraction of sp³-hybridized carbons (Fsp3) is 0.550. The molecule has 30 heavy (non-hydrogen) atoms. The first-order valence-electron chi connectivity index (χ1n) is 10.4. The van der Waals surface area contributed by atoms with Crippen LogP contribution in [-0.4, -0.2) is 60.7 Å². The lowest BCUT2D eigenvalue weighted by Gasteiger charge is -2.32. The summed E-state index contributed by atoms with van der Waals surface area (Å²) in [5.74, 6) is 0.869. The van der Waals surface area contributed by atoms with Crippen LogP contribution in [0.5, 0.6) is 0 Å². The summed E-state index contributed by atoms with van der Waals surface area (Å²) in [4.78, 5) is 27.9. The summed E-state index contributed by atoms with van der Waals surface area (Å²) >= 11 is 1.15. The maximum atomic E-state index is 13.2. The molecule has 1 saturated carbocycles. The van der Waals surface area contributed by atoms with Gasteiger partial charge in [0.25, 0.3) is 5.91 Å². The Bertz CT molecular complexity index is 1130. The maximum Gasteiger partial charge on any atom is 0.346 e. The number of methoxy groups -OCH3 is 1. The van der Waals surface area contributed by atoms with Crippen molar-refractivity contribution in [3.8, 4) is 0 Å². The molecule has 2 aromatic heterocycles. The average Bonchev–Trinajstić information content (AvgIpc) is 3.40. The average molecular weight is 429 g/mol. The summed E-state index contributed by atoms with van der Waals surface area (Å²) in [5, 5.41) is 4.66. The highest BCUT2D eigenvalue weighted by Crippen LogP contribution is 2.37. The molecule has 1 amide bonds. The van der Waals surface area contributed by atoms with Gasteiger partial charge in [0, 0.05) is 37.7 Å². The van der Waals surface area contributed by atoms with Gasteiger partial charge in [0.2, 0.25) is 0 Å².